The average Bonchev–Trinajstić information content (AvgIpc) is 2.65. The van der Waals surface area contributed by atoms with Crippen molar-refractivity contribution in [2.75, 3.05) is 7.11 Å². The molecule has 0 radical (unpaired) electrons. The number of nitrogens with one attached hydrogen (secondary N) is 1. The molecular formula is C20H18INO4. The van der Waals surface area contributed by atoms with Crippen molar-refractivity contribution in [1.82, 2.24) is 5.32 Å². The van der Waals surface area contributed by atoms with E-state index in [4.69, 9.17) is 0 Å². The van der Waals surface area contributed by atoms with Crippen molar-refractivity contribution in [1.29, 1.82) is 0 Å². The van der Waals surface area contributed by atoms with E-state index in [1.165, 1.54) is 14.0 Å². The van der Waals surface area contributed by atoms with E-state index >= 15 is 0 Å². The number of halogens is 1. The van der Waals surface area contributed by atoms with Crippen molar-refractivity contribution in [3.63, 3.8) is 0 Å². The molecule has 2 rings (SSSR count). The molecule has 0 spiro atoms. The quantitative estimate of drug-likeness (QED) is 0.415. The molecule has 0 aliphatic carbocycles. The molecule has 2 atom stereocenters. The number of methoxy groups -OCH3 is 1. The topological polar surface area (TPSA) is 75.6 Å². The molecule has 0 saturated heterocycles. The number of benzene rings is 2. The molecule has 2 aromatic carbocycles. The van der Waals surface area contributed by atoms with Crippen LogP contribution in [0.15, 0.2) is 48.5 Å². The molecule has 0 saturated carbocycles. The molecule has 5 nitrogen and oxygen atoms in total. The number of hydrogen-bond acceptors (Lipinski definition) is 4. The highest BCUT2D eigenvalue weighted by Crippen LogP contribution is 2.08. The Labute approximate surface area is 165 Å². The predicted molar refractivity (Wildman–Crippen MR) is 107 cm³/mol. The molecule has 0 aliphatic heterocycles. The zero-order valence-electron chi connectivity index (χ0n) is 14.3. The minimum Gasteiger partial charge on any atom is -0.467 e. The Bertz CT molecular complexity index is 833. The number of amides is 1. The fourth-order valence-electron chi connectivity index (χ4n) is 2.11. The van der Waals surface area contributed by atoms with Crippen LogP contribution in [-0.2, 0) is 9.53 Å². The number of aliphatic hydroxyl groups is 1. The Morgan fingerprint density at radius 3 is 2.00 bits per heavy atom. The van der Waals surface area contributed by atoms with Gasteiger partial charge < -0.3 is 15.2 Å². The summed E-state index contributed by atoms with van der Waals surface area (Å²) in [6.07, 6.45) is -1.06. The number of esters is 1. The summed E-state index contributed by atoms with van der Waals surface area (Å²) in [5, 5.41) is 12.1. The first-order chi connectivity index (χ1) is 12.4. The lowest BCUT2D eigenvalue weighted by Crippen LogP contribution is -2.48. The molecule has 26 heavy (non-hydrogen) atoms. The summed E-state index contributed by atoms with van der Waals surface area (Å²) < 4.78 is 5.72. The van der Waals surface area contributed by atoms with Crippen molar-refractivity contribution in [3.05, 3.63) is 68.8 Å². The van der Waals surface area contributed by atoms with Gasteiger partial charge in [0.15, 0.2) is 6.04 Å². The monoisotopic (exact) mass is 463 g/mol. The summed E-state index contributed by atoms with van der Waals surface area (Å²) >= 11 is 2.23. The Morgan fingerprint density at radius 1 is 1.04 bits per heavy atom. The third kappa shape index (κ3) is 5.58. The van der Waals surface area contributed by atoms with Gasteiger partial charge in [0.25, 0.3) is 5.91 Å². The number of carbonyl (C=O) groups is 2. The standard InChI is InChI=1S/C20H18INO4/c1-13(23)18(20(25)26-2)22-19(24)16-9-5-14(6-10-16)3-4-15-7-11-17(21)12-8-15/h5-13,18,23H,1-2H3,(H,22,24)/t13-,18-/m1/s1. The maximum absolute atomic E-state index is 12.2. The highest BCUT2D eigenvalue weighted by Gasteiger charge is 2.26. The molecule has 0 bridgehead atoms. The molecule has 0 heterocycles. The van der Waals surface area contributed by atoms with E-state index in [-0.39, 0.29) is 0 Å². The fraction of sp³-hybridized carbons (Fsp3) is 0.200. The van der Waals surface area contributed by atoms with Gasteiger partial charge in [-0.1, -0.05) is 11.8 Å². The van der Waals surface area contributed by atoms with E-state index < -0.39 is 24.0 Å². The lowest BCUT2D eigenvalue weighted by molar-refractivity contribution is -0.145. The number of hydrogen-bond donors (Lipinski definition) is 2. The molecular weight excluding hydrogens is 445 g/mol. The summed E-state index contributed by atoms with van der Waals surface area (Å²) in [4.78, 5) is 23.8. The van der Waals surface area contributed by atoms with Gasteiger partial charge in [-0.3, -0.25) is 4.79 Å². The van der Waals surface area contributed by atoms with Crippen molar-refractivity contribution >= 4 is 34.5 Å². The van der Waals surface area contributed by atoms with Crippen LogP contribution in [0.3, 0.4) is 0 Å². The van der Waals surface area contributed by atoms with E-state index in [0.717, 1.165) is 14.7 Å². The third-order valence-corrected chi connectivity index (χ3v) is 4.29. The van der Waals surface area contributed by atoms with E-state index in [1.54, 1.807) is 24.3 Å². The van der Waals surface area contributed by atoms with Gasteiger partial charge in [0.2, 0.25) is 0 Å². The molecule has 1 amide bonds. The normalized spacial score (nSPS) is 12.3. The van der Waals surface area contributed by atoms with Gasteiger partial charge in [-0.05, 0) is 78.0 Å². The average molecular weight is 463 g/mol. The van der Waals surface area contributed by atoms with Crippen molar-refractivity contribution in [2.45, 2.75) is 19.1 Å². The molecule has 0 fully saturated rings. The first-order valence-corrected chi connectivity index (χ1v) is 8.93. The molecule has 0 aromatic heterocycles. The highest BCUT2D eigenvalue weighted by molar-refractivity contribution is 14.1. The van der Waals surface area contributed by atoms with Gasteiger partial charge in [-0.25, -0.2) is 4.79 Å². The van der Waals surface area contributed by atoms with E-state index in [1.807, 2.05) is 24.3 Å². The van der Waals surface area contributed by atoms with Gasteiger partial charge in [0, 0.05) is 20.3 Å². The van der Waals surface area contributed by atoms with Gasteiger partial charge in [0.05, 0.1) is 13.2 Å². The van der Waals surface area contributed by atoms with Crippen LogP contribution in [0.4, 0.5) is 0 Å². The van der Waals surface area contributed by atoms with Crippen LogP contribution in [0.1, 0.15) is 28.4 Å². The van der Waals surface area contributed by atoms with Crippen LogP contribution in [0.5, 0.6) is 0 Å². The zero-order valence-corrected chi connectivity index (χ0v) is 16.5. The van der Waals surface area contributed by atoms with Crippen LogP contribution in [0.25, 0.3) is 0 Å². The van der Waals surface area contributed by atoms with Gasteiger partial charge >= 0.3 is 5.97 Å². The van der Waals surface area contributed by atoms with Crippen molar-refractivity contribution in [3.8, 4) is 11.8 Å². The van der Waals surface area contributed by atoms with E-state index in [2.05, 4.69) is 44.5 Å². The second-order valence-corrected chi connectivity index (χ2v) is 6.79. The number of rotatable bonds is 4. The minimum atomic E-state index is -1.12. The lowest BCUT2D eigenvalue weighted by atomic mass is 10.1. The smallest absolute Gasteiger partial charge is 0.331 e. The van der Waals surface area contributed by atoms with Crippen LogP contribution >= 0.6 is 22.6 Å². The second-order valence-electron chi connectivity index (χ2n) is 5.55. The van der Waals surface area contributed by atoms with E-state index in [9.17, 15) is 14.7 Å². The Kier molecular flexibility index (Phi) is 7.18. The number of aliphatic hydroxyl groups excluding tert-OH is 1. The summed E-state index contributed by atoms with van der Waals surface area (Å²) in [6, 6.07) is 13.4. The van der Waals surface area contributed by atoms with Crippen LogP contribution in [0, 0.1) is 15.4 Å². The summed E-state index contributed by atoms with van der Waals surface area (Å²) in [5.41, 5.74) is 2.03. The third-order valence-electron chi connectivity index (χ3n) is 3.57. The molecule has 2 aromatic rings. The molecule has 0 unspecified atom stereocenters. The number of ether oxygens (including phenoxy) is 1. The zero-order chi connectivity index (χ0) is 19.1. The highest BCUT2D eigenvalue weighted by atomic mass is 127. The van der Waals surface area contributed by atoms with E-state index in [0.29, 0.717) is 5.56 Å². The number of carbonyl (C=O) groups excluding carboxylic acids is 2. The SMILES string of the molecule is COC(=O)[C@H](NC(=O)c1ccc(C#Cc2ccc(I)cc2)cc1)[C@@H](C)O. The Morgan fingerprint density at radius 2 is 1.54 bits per heavy atom. The Balaban J connectivity index is 2.08. The summed E-state index contributed by atoms with van der Waals surface area (Å²) in [6.45, 7) is 1.41. The summed E-state index contributed by atoms with van der Waals surface area (Å²) in [7, 11) is 1.20. The fourth-order valence-corrected chi connectivity index (χ4v) is 2.47. The minimum absolute atomic E-state index is 0.361. The van der Waals surface area contributed by atoms with Crippen molar-refractivity contribution in [2.24, 2.45) is 0 Å². The van der Waals surface area contributed by atoms with Crippen LogP contribution < -0.4 is 5.32 Å². The summed E-state index contributed by atoms with van der Waals surface area (Å²) in [5.74, 6) is 4.92. The van der Waals surface area contributed by atoms with Crippen LogP contribution in [0.2, 0.25) is 0 Å². The molecule has 2 N–H and O–H groups in total. The Hall–Kier alpha value is -2.37. The maximum atomic E-state index is 12.2. The second kappa shape index (κ2) is 9.36. The first-order valence-electron chi connectivity index (χ1n) is 7.85. The van der Waals surface area contributed by atoms with Gasteiger partial charge in [-0.2, -0.15) is 0 Å². The van der Waals surface area contributed by atoms with Crippen LogP contribution in [-0.4, -0.2) is 36.2 Å². The molecule has 6 heteroatoms. The largest absolute Gasteiger partial charge is 0.467 e. The van der Waals surface area contributed by atoms with Gasteiger partial charge in [-0.15, -0.1) is 0 Å². The predicted octanol–water partition coefficient (Wildman–Crippen LogP) is 2.34. The molecule has 0 aliphatic rings. The first kappa shape index (κ1) is 19.9. The maximum Gasteiger partial charge on any atom is 0.331 e. The lowest BCUT2D eigenvalue weighted by Gasteiger charge is -2.18. The van der Waals surface area contributed by atoms with Crippen molar-refractivity contribution < 1.29 is 19.4 Å². The van der Waals surface area contributed by atoms with Gasteiger partial charge in [0.1, 0.15) is 0 Å². The molecule has 134 valence electrons.